The van der Waals surface area contributed by atoms with Crippen molar-refractivity contribution >= 4 is 5.91 Å². The molecular weight excluding hydrogens is 226 g/mol. The minimum absolute atomic E-state index is 0.0664. The van der Waals surface area contributed by atoms with Gasteiger partial charge >= 0.3 is 0 Å². The molecule has 0 aliphatic heterocycles. The lowest BCUT2D eigenvalue weighted by Gasteiger charge is -2.29. The molecule has 1 unspecified atom stereocenters. The SMILES string of the molecule is CC(O)C(C)(C)NC(=O)CCCC1CCCCC1. The van der Waals surface area contributed by atoms with Gasteiger partial charge in [-0.05, 0) is 39.5 Å². The summed E-state index contributed by atoms with van der Waals surface area (Å²) in [6.45, 7) is 5.43. The first-order chi connectivity index (χ1) is 8.42. The molecule has 0 aromatic rings. The molecule has 1 rings (SSSR count). The molecule has 18 heavy (non-hydrogen) atoms. The van der Waals surface area contributed by atoms with E-state index in [9.17, 15) is 9.90 Å². The van der Waals surface area contributed by atoms with E-state index < -0.39 is 11.6 Å². The Kier molecular flexibility index (Phi) is 6.13. The van der Waals surface area contributed by atoms with Gasteiger partial charge in [-0.15, -0.1) is 0 Å². The summed E-state index contributed by atoms with van der Waals surface area (Å²) < 4.78 is 0. The van der Waals surface area contributed by atoms with Crippen molar-refractivity contribution in [2.75, 3.05) is 0 Å². The van der Waals surface area contributed by atoms with Crippen LogP contribution in [-0.2, 0) is 4.79 Å². The summed E-state index contributed by atoms with van der Waals surface area (Å²) in [7, 11) is 0. The van der Waals surface area contributed by atoms with Crippen LogP contribution >= 0.6 is 0 Å². The van der Waals surface area contributed by atoms with Crippen molar-refractivity contribution in [3.63, 3.8) is 0 Å². The largest absolute Gasteiger partial charge is 0.391 e. The average Bonchev–Trinajstić information content (AvgIpc) is 2.29. The minimum Gasteiger partial charge on any atom is -0.391 e. The maximum Gasteiger partial charge on any atom is 0.220 e. The van der Waals surface area contributed by atoms with Gasteiger partial charge in [-0.3, -0.25) is 4.79 Å². The molecule has 3 nitrogen and oxygen atoms in total. The van der Waals surface area contributed by atoms with E-state index in [1.807, 2.05) is 13.8 Å². The lowest BCUT2D eigenvalue weighted by Crippen LogP contribution is -2.50. The molecule has 1 fully saturated rings. The third kappa shape index (κ3) is 5.38. The molecule has 1 amide bonds. The number of hydrogen-bond acceptors (Lipinski definition) is 2. The molecule has 0 spiro atoms. The molecule has 0 aromatic carbocycles. The second kappa shape index (κ2) is 7.13. The molecule has 1 saturated carbocycles. The highest BCUT2D eigenvalue weighted by atomic mass is 16.3. The van der Waals surface area contributed by atoms with Gasteiger partial charge in [0, 0.05) is 6.42 Å². The predicted molar refractivity (Wildman–Crippen MR) is 74.3 cm³/mol. The Balaban J connectivity index is 2.16. The molecule has 2 N–H and O–H groups in total. The molecular formula is C15H29NO2. The second-order valence-corrected chi connectivity index (χ2v) is 6.34. The predicted octanol–water partition coefficient (Wildman–Crippen LogP) is 3.01. The Morgan fingerprint density at radius 3 is 2.50 bits per heavy atom. The normalized spacial score (nSPS) is 19.6. The maximum atomic E-state index is 11.8. The molecule has 1 atom stereocenters. The molecule has 0 bridgehead atoms. The molecule has 0 heterocycles. The van der Waals surface area contributed by atoms with Gasteiger partial charge in [-0.1, -0.05) is 32.1 Å². The number of aliphatic hydroxyl groups is 1. The number of rotatable bonds is 6. The Bertz CT molecular complexity index is 255. The van der Waals surface area contributed by atoms with E-state index in [-0.39, 0.29) is 5.91 Å². The summed E-state index contributed by atoms with van der Waals surface area (Å²) in [5, 5.41) is 12.4. The molecule has 0 aromatic heterocycles. The maximum absolute atomic E-state index is 11.8. The van der Waals surface area contributed by atoms with Crippen LogP contribution in [0.4, 0.5) is 0 Å². The summed E-state index contributed by atoms with van der Waals surface area (Å²) in [5.74, 6) is 0.910. The van der Waals surface area contributed by atoms with Crippen molar-refractivity contribution in [2.24, 2.45) is 5.92 Å². The van der Waals surface area contributed by atoms with Gasteiger partial charge in [-0.2, -0.15) is 0 Å². The number of carbonyl (C=O) groups excluding carboxylic acids is 1. The van der Waals surface area contributed by atoms with Crippen LogP contribution < -0.4 is 5.32 Å². The van der Waals surface area contributed by atoms with Gasteiger partial charge in [0.1, 0.15) is 0 Å². The topological polar surface area (TPSA) is 49.3 Å². The zero-order valence-corrected chi connectivity index (χ0v) is 12.2. The summed E-state index contributed by atoms with van der Waals surface area (Å²) >= 11 is 0. The Hall–Kier alpha value is -0.570. The molecule has 1 aliphatic carbocycles. The van der Waals surface area contributed by atoms with E-state index >= 15 is 0 Å². The average molecular weight is 255 g/mol. The summed E-state index contributed by atoms with van der Waals surface area (Å²) in [6.07, 6.45) is 9.04. The van der Waals surface area contributed by atoms with E-state index in [1.165, 1.54) is 38.5 Å². The van der Waals surface area contributed by atoms with E-state index in [2.05, 4.69) is 5.32 Å². The van der Waals surface area contributed by atoms with E-state index in [0.29, 0.717) is 6.42 Å². The van der Waals surface area contributed by atoms with Gasteiger partial charge in [0.15, 0.2) is 0 Å². The molecule has 0 radical (unpaired) electrons. The van der Waals surface area contributed by atoms with Crippen LogP contribution in [0.1, 0.15) is 72.1 Å². The fourth-order valence-electron chi connectivity index (χ4n) is 2.55. The van der Waals surface area contributed by atoms with E-state index in [1.54, 1.807) is 6.92 Å². The number of hydrogen-bond donors (Lipinski definition) is 2. The quantitative estimate of drug-likeness (QED) is 0.766. The molecule has 0 saturated heterocycles. The van der Waals surface area contributed by atoms with Gasteiger partial charge in [-0.25, -0.2) is 0 Å². The van der Waals surface area contributed by atoms with Crippen molar-refractivity contribution in [1.29, 1.82) is 0 Å². The zero-order valence-electron chi connectivity index (χ0n) is 12.2. The number of aliphatic hydroxyl groups excluding tert-OH is 1. The van der Waals surface area contributed by atoms with Crippen LogP contribution in [0.3, 0.4) is 0 Å². The first-order valence-electron chi connectivity index (χ1n) is 7.41. The van der Waals surface area contributed by atoms with E-state index in [0.717, 1.165) is 12.3 Å². The highest BCUT2D eigenvalue weighted by molar-refractivity contribution is 5.76. The standard InChI is InChI=1S/C15H29NO2/c1-12(17)15(2,3)16-14(18)11-7-10-13-8-5-4-6-9-13/h12-13,17H,4-11H2,1-3H3,(H,16,18). The Morgan fingerprint density at radius 1 is 1.33 bits per heavy atom. The van der Waals surface area contributed by atoms with Crippen LogP contribution in [0.2, 0.25) is 0 Å². The van der Waals surface area contributed by atoms with Crippen LogP contribution in [-0.4, -0.2) is 22.7 Å². The van der Waals surface area contributed by atoms with Crippen molar-refractivity contribution in [2.45, 2.75) is 83.8 Å². The van der Waals surface area contributed by atoms with E-state index in [4.69, 9.17) is 0 Å². The zero-order chi connectivity index (χ0) is 13.6. The lowest BCUT2D eigenvalue weighted by atomic mass is 9.86. The van der Waals surface area contributed by atoms with Gasteiger partial charge < -0.3 is 10.4 Å². The second-order valence-electron chi connectivity index (χ2n) is 6.34. The third-order valence-electron chi connectivity index (χ3n) is 4.25. The smallest absolute Gasteiger partial charge is 0.220 e. The number of amides is 1. The highest BCUT2D eigenvalue weighted by Gasteiger charge is 2.25. The van der Waals surface area contributed by atoms with Crippen molar-refractivity contribution in [3.05, 3.63) is 0 Å². The van der Waals surface area contributed by atoms with Crippen molar-refractivity contribution in [1.82, 2.24) is 5.32 Å². The lowest BCUT2D eigenvalue weighted by molar-refractivity contribution is -0.124. The molecule has 3 heteroatoms. The first-order valence-corrected chi connectivity index (χ1v) is 7.41. The fourth-order valence-corrected chi connectivity index (χ4v) is 2.55. The van der Waals surface area contributed by atoms with Crippen LogP contribution in [0.25, 0.3) is 0 Å². The molecule has 1 aliphatic rings. The summed E-state index contributed by atoms with van der Waals surface area (Å²) in [6, 6.07) is 0. The van der Waals surface area contributed by atoms with Crippen LogP contribution in [0.15, 0.2) is 0 Å². The van der Waals surface area contributed by atoms with Gasteiger partial charge in [0.25, 0.3) is 0 Å². The Morgan fingerprint density at radius 2 is 1.94 bits per heavy atom. The third-order valence-corrected chi connectivity index (χ3v) is 4.25. The monoisotopic (exact) mass is 255 g/mol. The number of nitrogens with one attached hydrogen (secondary N) is 1. The molecule has 106 valence electrons. The van der Waals surface area contributed by atoms with Gasteiger partial charge in [0.05, 0.1) is 11.6 Å². The van der Waals surface area contributed by atoms with Crippen molar-refractivity contribution in [3.8, 4) is 0 Å². The van der Waals surface area contributed by atoms with Gasteiger partial charge in [0.2, 0.25) is 5.91 Å². The summed E-state index contributed by atoms with van der Waals surface area (Å²) in [4.78, 5) is 11.8. The van der Waals surface area contributed by atoms with Crippen molar-refractivity contribution < 1.29 is 9.90 Å². The Labute approximate surface area is 111 Å². The highest BCUT2D eigenvalue weighted by Crippen LogP contribution is 2.27. The minimum atomic E-state index is -0.528. The summed E-state index contributed by atoms with van der Waals surface area (Å²) in [5.41, 5.74) is -0.526. The number of carbonyl (C=O) groups is 1. The first kappa shape index (κ1) is 15.5. The fraction of sp³-hybridized carbons (Fsp3) is 0.933. The van der Waals surface area contributed by atoms with Crippen LogP contribution in [0, 0.1) is 5.92 Å². The van der Waals surface area contributed by atoms with Crippen LogP contribution in [0.5, 0.6) is 0 Å².